The van der Waals surface area contributed by atoms with Crippen LogP contribution in [-0.2, 0) is 11.3 Å². The Labute approximate surface area is 162 Å². The van der Waals surface area contributed by atoms with Crippen molar-refractivity contribution in [2.45, 2.75) is 44.6 Å². The maximum atomic E-state index is 12.1. The number of aromatic hydroxyl groups is 1. The Hall–Kier alpha value is -2.96. The summed E-state index contributed by atoms with van der Waals surface area (Å²) in [6.07, 6.45) is 5.86. The Morgan fingerprint density at radius 2 is 2.07 bits per heavy atom. The molecule has 0 amide bonds. The number of esters is 1. The SMILES string of the molecule is COC(=O)c1cc2n3c(c(C4CCCCC4)n2n1)-c1ccc(O)cc1OCC3. The second-order valence-corrected chi connectivity index (χ2v) is 7.54. The van der Waals surface area contributed by atoms with E-state index in [2.05, 4.69) is 9.67 Å². The molecule has 7 heteroatoms. The number of methoxy groups -OCH3 is 1. The lowest BCUT2D eigenvalue weighted by molar-refractivity contribution is 0.0593. The molecule has 2 aromatic heterocycles. The summed E-state index contributed by atoms with van der Waals surface area (Å²) >= 11 is 0. The van der Waals surface area contributed by atoms with Crippen LogP contribution in [0.1, 0.15) is 54.2 Å². The van der Waals surface area contributed by atoms with Gasteiger partial charge >= 0.3 is 5.97 Å². The van der Waals surface area contributed by atoms with Crippen molar-refractivity contribution in [2.24, 2.45) is 0 Å². The van der Waals surface area contributed by atoms with E-state index >= 15 is 0 Å². The predicted molar refractivity (Wildman–Crippen MR) is 103 cm³/mol. The van der Waals surface area contributed by atoms with Gasteiger partial charge in [-0.05, 0) is 25.0 Å². The molecule has 1 aromatic carbocycles. The number of phenols is 1. The Bertz CT molecular complexity index is 1060. The third-order valence-corrected chi connectivity index (χ3v) is 5.89. The number of hydrogen-bond donors (Lipinski definition) is 1. The number of carbonyl (C=O) groups is 1. The summed E-state index contributed by atoms with van der Waals surface area (Å²) in [5.41, 5.74) is 4.36. The van der Waals surface area contributed by atoms with Gasteiger partial charge in [-0.2, -0.15) is 5.10 Å². The van der Waals surface area contributed by atoms with Crippen LogP contribution in [0, 0.1) is 0 Å². The molecule has 5 rings (SSSR count). The van der Waals surface area contributed by atoms with E-state index in [-0.39, 0.29) is 5.75 Å². The minimum atomic E-state index is -0.428. The zero-order valence-electron chi connectivity index (χ0n) is 15.9. The van der Waals surface area contributed by atoms with Crippen molar-refractivity contribution in [3.05, 3.63) is 35.7 Å². The van der Waals surface area contributed by atoms with Gasteiger partial charge in [0.2, 0.25) is 0 Å². The van der Waals surface area contributed by atoms with Gasteiger partial charge in [0.1, 0.15) is 23.8 Å². The zero-order chi connectivity index (χ0) is 19.3. The first kappa shape index (κ1) is 17.2. The lowest BCUT2D eigenvalue weighted by Crippen LogP contribution is -2.11. The number of imidazole rings is 1. The first-order valence-corrected chi connectivity index (χ1v) is 9.84. The Kier molecular flexibility index (Phi) is 4.03. The molecule has 0 unspecified atom stereocenters. The summed E-state index contributed by atoms with van der Waals surface area (Å²) in [6.45, 7) is 1.13. The molecule has 1 aliphatic carbocycles. The standard InChI is InChI=1S/C21H23N3O4/c1-27-21(26)16-12-18-23-9-10-28-17-11-14(25)7-8-15(17)20(23)19(24(18)22-16)13-5-3-2-4-6-13/h7-8,11-13,25H,2-6,9-10H2,1H3. The molecule has 28 heavy (non-hydrogen) atoms. The van der Waals surface area contributed by atoms with E-state index < -0.39 is 5.97 Å². The van der Waals surface area contributed by atoms with E-state index in [1.54, 1.807) is 18.2 Å². The molecule has 0 bridgehead atoms. The Balaban J connectivity index is 1.79. The second kappa shape index (κ2) is 6.58. The van der Waals surface area contributed by atoms with Gasteiger partial charge in [0.15, 0.2) is 5.69 Å². The fourth-order valence-electron chi connectivity index (χ4n) is 4.62. The molecule has 1 N–H and O–H groups in total. The smallest absolute Gasteiger partial charge is 0.358 e. The molecule has 2 aliphatic rings. The second-order valence-electron chi connectivity index (χ2n) is 7.54. The van der Waals surface area contributed by atoms with Gasteiger partial charge in [-0.15, -0.1) is 0 Å². The monoisotopic (exact) mass is 381 g/mol. The lowest BCUT2D eigenvalue weighted by atomic mass is 9.85. The number of fused-ring (bicyclic) bond motifs is 5. The van der Waals surface area contributed by atoms with E-state index in [0.717, 1.165) is 35.4 Å². The van der Waals surface area contributed by atoms with Crippen LogP contribution in [0.4, 0.5) is 0 Å². The van der Waals surface area contributed by atoms with Gasteiger partial charge in [-0.3, -0.25) is 0 Å². The highest BCUT2D eigenvalue weighted by molar-refractivity contribution is 5.89. The van der Waals surface area contributed by atoms with Gasteiger partial charge in [0.05, 0.1) is 25.0 Å². The summed E-state index contributed by atoms with van der Waals surface area (Å²) in [5.74, 6) is 0.820. The minimum Gasteiger partial charge on any atom is -0.508 e. The first-order chi connectivity index (χ1) is 13.7. The predicted octanol–water partition coefficient (Wildman–Crippen LogP) is 3.74. The summed E-state index contributed by atoms with van der Waals surface area (Å²) < 4.78 is 14.9. The van der Waals surface area contributed by atoms with Crippen LogP contribution < -0.4 is 4.74 Å². The van der Waals surface area contributed by atoms with E-state index in [1.165, 1.54) is 26.4 Å². The van der Waals surface area contributed by atoms with E-state index in [4.69, 9.17) is 9.47 Å². The van der Waals surface area contributed by atoms with Crippen molar-refractivity contribution < 1.29 is 19.4 Å². The summed E-state index contributed by atoms with van der Waals surface area (Å²) in [7, 11) is 1.37. The first-order valence-electron chi connectivity index (χ1n) is 9.84. The Morgan fingerprint density at radius 3 is 2.86 bits per heavy atom. The molecule has 146 valence electrons. The number of carbonyl (C=O) groups excluding carboxylic acids is 1. The fraction of sp³-hybridized carbons (Fsp3) is 0.429. The molecule has 0 radical (unpaired) electrons. The molecule has 0 spiro atoms. The minimum absolute atomic E-state index is 0.190. The van der Waals surface area contributed by atoms with Crippen molar-refractivity contribution in [2.75, 3.05) is 13.7 Å². The van der Waals surface area contributed by atoms with Crippen LogP contribution in [0.25, 0.3) is 16.9 Å². The van der Waals surface area contributed by atoms with Gasteiger partial charge in [0.25, 0.3) is 0 Å². The molecular formula is C21H23N3O4. The van der Waals surface area contributed by atoms with Crippen molar-refractivity contribution in [1.29, 1.82) is 0 Å². The van der Waals surface area contributed by atoms with Crippen LogP contribution in [0.3, 0.4) is 0 Å². The van der Waals surface area contributed by atoms with Crippen LogP contribution in [0.2, 0.25) is 0 Å². The number of ether oxygens (including phenoxy) is 2. The van der Waals surface area contributed by atoms with E-state index in [9.17, 15) is 9.90 Å². The normalized spacial score (nSPS) is 16.9. The van der Waals surface area contributed by atoms with Crippen molar-refractivity contribution in [3.63, 3.8) is 0 Å². The molecule has 1 fully saturated rings. The fourth-order valence-corrected chi connectivity index (χ4v) is 4.62. The van der Waals surface area contributed by atoms with Crippen LogP contribution in [-0.4, -0.2) is 39.0 Å². The average Bonchev–Trinajstić information content (AvgIpc) is 3.20. The molecular weight excluding hydrogens is 358 g/mol. The highest BCUT2D eigenvalue weighted by atomic mass is 16.5. The molecule has 0 saturated heterocycles. The van der Waals surface area contributed by atoms with Gasteiger partial charge < -0.3 is 19.1 Å². The van der Waals surface area contributed by atoms with Crippen molar-refractivity contribution in [3.8, 4) is 22.8 Å². The van der Waals surface area contributed by atoms with Gasteiger partial charge in [-0.25, -0.2) is 9.31 Å². The molecule has 0 atom stereocenters. The maximum absolute atomic E-state index is 12.1. The van der Waals surface area contributed by atoms with Crippen LogP contribution in [0.15, 0.2) is 24.3 Å². The number of benzene rings is 1. The Morgan fingerprint density at radius 1 is 1.25 bits per heavy atom. The third-order valence-electron chi connectivity index (χ3n) is 5.89. The largest absolute Gasteiger partial charge is 0.508 e. The number of rotatable bonds is 2. The number of nitrogens with zero attached hydrogens (tertiary/aromatic N) is 3. The number of phenolic OH excluding ortho intramolecular Hbond substituents is 1. The molecule has 7 nitrogen and oxygen atoms in total. The van der Waals surface area contributed by atoms with Crippen molar-refractivity contribution in [1.82, 2.24) is 14.2 Å². The average molecular weight is 381 g/mol. The maximum Gasteiger partial charge on any atom is 0.358 e. The highest BCUT2D eigenvalue weighted by Crippen LogP contribution is 2.44. The lowest BCUT2D eigenvalue weighted by Gasteiger charge is -2.22. The van der Waals surface area contributed by atoms with Crippen molar-refractivity contribution >= 4 is 11.6 Å². The molecule has 1 aliphatic heterocycles. The summed E-state index contributed by atoms with van der Waals surface area (Å²) in [4.78, 5) is 12.1. The van der Waals surface area contributed by atoms with Crippen LogP contribution in [0.5, 0.6) is 11.5 Å². The quantitative estimate of drug-likeness (QED) is 0.684. The third kappa shape index (κ3) is 2.57. The molecule has 1 saturated carbocycles. The van der Waals surface area contributed by atoms with E-state index in [0.29, 0.717) is 30.5 Å². The topological polar surface area (TPSA) is 78.0 Å². The molecule has 3 heterocycles. The summed E-state index contributed by atoms with van der Waals surface area (Å²) in [6, 6.07) is 7.07. The number of hydrogen-bond acceptors (Lipinski definition) is 5. The molecule has 3 aromatic rings. The van der Waals surface area contributed by atoms with Crippen LogP contribution >= 0.6 is 0 Å². The van der Waals surface area contributed by atoms with E-state index in [1.807, 2.05) is 10.6 Å². The summed E-state index contributed by atoms with van der Waals surface area (Å²) in [5, 5.41) is 14.5. The van der Waals surface area contributed by atoms with Gasteiger partial charge in [0, 0.05) is 23.6 Å². The van der Waals surface area contributed by atoms with Gasteiger partial charge in [-0.1, -0.05) is 19.3 Å². The number of aromatic nitrogens is 3. The zero-order valence-corrected chi connectivity index (χ0v) is 15.9. The highest BCUT2D eigenvalue weighted by Gasteiger charge is 2.31.